The number of aliphatic hydroxyl groups is 1. The lowest BCUT2D eigenvalue weighted by Crippen LogP contribution is -2.36. The average Bonchev–Trinajstić information content (AvgIpc) is 3.27. The molecular weight excluding hydrogens is 360 g/mol. The molecule has 1 amide bonds. The van der Waals surface area contributed by atoms with Crippen molar-refractivity contribution in [1.29, 1.82) is 0 Å². The largest absolute Gasteiger partial charge is 0.481 e. The summed E-state index contributed by atoms with van der Waals surface area (Å²) in [5.41, 5.74) is 3.43. The molecule has 28 heavy (non-hydrogen) atoms. The lowest BCUT2D eigenvalue weighted by molar-refractivity contribution is -0.136. The van der Waals surface area contributed by atoms with Crippen molar-refractivity contribution in [3.8, 4) is 0 Å². The summed E-state index contributed by atoms with van der Waals surface area (Å²) in [6.45, 7) is 5.19. The first-order chi connectivity index (χ1) is 13.4. The van der Waals surface area contributed by atoms with Crippen molar-refractivity contribution in [3.63, 3.8) is 0 Å². The summed E-state index contributed by atoms with van der Waals surface area (Å²) in [5, 5.41) is 32.3. The van der Waals surface area contributed by atoms with Gasteiger partial charge in [0.15, 0.2) is 0 Å². The maximum atomic E-state index is 11.7. The van der Waals surface area contributed by atoms with E-state index in [0.29, 0.717) is 6.54 Å². The number of carbonyl (C=O) groups excluding carboxylic acids is 1. The Kier molecular flexibility index (Phi) is 5.90. The van der Waals surface area contributed by atoms with Crippen LogP contribution in [0.4, 0.5) is 0 Å². The minimum absolute atomic E-state index is 0.00516. The third-order valence-corrected chi connectivity index (χ3v) is 5.64. The van der Waals surface area contributed by atoms with Gasteiger partial charge in [-0.05, 0) is 24.0 Å². The lowest BCUT2D eigenvalue weighted by atomic mass is 9.89. The fraction of sp³-hybridized carbons (Fsp3) is 0.500. The maximum absolute atomic E-state index is 11.7. The molecule has 8 nitrogen and oxygen atoms in total. The number of amides is 1. The van der Waals surface area contributed by atoms with E-state index < -0.39 is 5.97 Å². The summed E-state index contributed by atoms with van der Waals surface area (Å²) in [7, 11) is 0. The number of aliphatic carboxylic acids is 1. The van der Waals surface area contributed by atoms with Crippen LogP contribution in [0.15, 0.2) is 34.5 Å². The quantitative estimate of drug-likeness (QED) is 0.490. The van der Waals surface area contributed by atoms with Crippen LogP contribution in [0.25, 0.3) is 0 Å². The maximum Gasteiger partial charge on any atom is 0.307 e. The number of carboxylic acids is 1. The highest BCUT2D eigenvalue weighted by atomic mass is 16.4. The molecule has 2 aliphatic rings. The van der Waals surface area contributed by atoms with Gasteiger partial charge in [0.2, 0.25) is 5.91 Å². The van der Waals surface area contributed by atoms with E-state index in [0.717, 1.165) is 22.6 Å². The van der Waals surface area contributed by atoms with Crippen molar-refractivity contribution in [2.75, 3.05) is 26.2 Å². The number of carbonyl (C=O) groups is 2. The predicted molar refractivity (Wildman–Crippen MR) is 105 cm³/mol. The molecule has 1 fully saturated rings. The van der Waals surface area contributed by atoms with E-state index >= 15 is 0 Å². The lowest BCUT2D eigenvalue weighted by Gasteiger charge is -2.18. The Morgan fingerprint density at radius 2 is 1.93 bits per heavy atom. The smallest absolute Gasteiger partial charge is 0.307 e. The van der Waals surface area contributed by atoms with Crippen LogP contribution >= 0.6 is 0 Å². The molecule has 3 atom stereocenters. The van der Waals surface area contributed by atoms with Crippen LogP contribution in [-0.2, 0) is 16.0 Å². The Hall–Kier alpha value is -2.58. The third-order valence-electron chi connectivity index (χ3n) is 5.64. The zero-order chi connectivity index (χ0) is 20.3. The van der Waals surface area contributed by atoms with Crippen LogP contribution in [0.3, 0.4) is 0 Å². The van der Waals surface area contributed by atoms with Gasteiger partial charge < -0.3 is 20.8 Å². The number of hydrogen-bond donors (Lipinski definition) is 4. The molecule has 3 unspecified atom stereocenters. The van der Waals surface area contributed by atoms with E-state index in [1.165, 1.54) is 0 Å². The summed E-state index contributed by atoms with van der Waals surface area (Å²) in [5.74, 6) is -0.448. The van der Waals surface area contributed by atoms with E-state index in [2.05, 4.69) is 27.8 Å². The molecule has 3 rings (SSSR count). The second kappa shape index (κ2) is 8.20. The standard InChI is InChI=1S/C20H26N4O4/c1-12-18-15(10-21-11-16(26)22-7-8-25)20(18,2)19(24-23-12)14-5-3-13(4-6-14)9-17(27)28/h3-6,15,18,21,25H,7-11H2,1-2H3,(H,22,26)(H,27,28). The summed E-state index contributed by atoms with van der Waals surface area (Å²) in [6.07, 6.45) is -0.00516. The van der Waals surface area contributed by atoms with Gasteiger partial charge in [-0.15, -0.1) is 0 Å². The van der Waals surface area contributed by atoms with Crippen LogP contribution in [0.5, 0.6) is 0 Å². The summed E-state index contributed by atoms with van der Waals surface area (Å²) in [6, 6.07) is 7.44. The van der Waals surface area contributed by atoms with Crippen molar-refractivity contribution in [2.45, 2.75) is 20.3 Å². The SMILES string of the molecule is CC1=NN=C(c2ccc(CC(=O)O)cc2)C2(C)C(CNCC(=O)NCCO)C12. The van der Waals surface area contributed by atoms with Crippen molar-refractivity contribution in [2.24, 2.45) is 27.5 Å². The highest BCUT2D eigenvalue weighted by Crippen LogP contribution is 2.62. The molecule has 1 heterocycles. The average molecular weight is 386 g/mol. The van der Waals surface area contributed by atoms with Gasteiger partial charge in [-0.2, -0.15) is 10.2 Å². The molecule has 0 bridgehead atoms. The van der Waals surface area contributed by atoms with Gasteiger partial charge in [0.1, 0.15) is 0 Å². The molecular formula is C20H26N4O4. The topological polar surface area (TPSA) is 123 Å². The van der Waals surface area contributed by atoms with Gasteiger partial charge in [-0.25, -0.2) is 0 Å². The molecule has 4 N–H and O–H groups in total. The number of carboxylic acid groups (broad SMARTS) is 1. The molecule has 0 saturated heterocycles. The van der Waals surface area contributed by atoms with Gasteiger partial charge >= 0.3 is 5.97 Å². The number of rotatable bonds is 9. The van der Waals surface area contributed by atoms with Crippen molar-refractivity contribution >= 4 is 23.3 Å². The summed E-state index contributed by atoms with van der Waals surface area (Å²) in [4.78, 5) is 22.5. The fourth-order valence-corrected chi connectivity index (χ4v) is 4.20. The molecule has 1 aromatic carbocycles. The normalized spacial score (nSPS) is 25.4. The van der Waals surface area contributed by atoms with Gasteiger partial charge in [-0.3, -0.25) is 9.59 Å². The highest BCUT2D eigenvalue weighted by molar-refractivity contribution is 6.13. The number of nitrogens with one attached hydrogen (secondary N) is 2. The molecule has 1 aliphatic carbocycles. The van der Waals surface area contributed by atoms with Gasteiger partial charge in [0.05, 0.1) is 25.3 Å². The first-order valence-electron chi connectivity index (χ1n) is 9.40. The number of aliphatic hydroxyl groups excluding tert-OH is 1. The van der Waals surface area contributed by atoms with Crippen LogP contribution in [0.2, 0.25) is 0 Å². The van der Waals surface area contributed by atoms with E-state index in [9.17, 15) is 9.59 Å². The molecule has 0 spiro atoms. The molecule has 1 aromatic rings. The summed E-state index contributed by atoms with van der Waals surface area (Å²) < 4.78 is 0. The number of benzene rings is 1. The molecule has 1 aliphatic heterocycles. The van der Waals surface area contributed by atoms with E-state index in [4.69, 9.17) is 10.2 Å². The minimum Gasteiger partial charge on any atom is -0.481 e. The van der Waals surface area contributed by atoms with E-state index in [1.54, 1.807) is 0 Å². The Labute approximate surface area is 163 Å². The third kappa shape index (κ3) is 3.98. The van der Waals surface area contributed by atoms with Crippen molar-refractivity contribution < 1.29 is 19.8 Å². The molecule has 0 radical (unpaired) electrons. The van der Waals surface area contributed by atoms with E-state index in [1.807, 2.05) is 31.2 Å². The first-order valence-corrected chi connectivity index (χ1v) is 9.40. The van der Waals surface area contributed by atoms with E-state index in [-0.39, 0.29) is 49.3 Å². The van der Waals surface area contributed by atoms with Crippen molar-refractivity contribution in [1.82, 2.24) is 10.6 Å². The van der Waals surface area contributed by atoms with Gasteiger partial charge in [0.25, 0.3) is 0 Å². The molecule has 8 heteroatoms. The Morgan fingerprint density at radius 3 is 2.57 bits per heavy atom. The van der Waals surface area contributed by atoms with Crippen LogP contribution in [0.1, 0.15) is 25.0 Å². The van der Waals surface area contributed by atoms with Gasteiger partial charge in [-0.1, -0.05) is 31.2 Å². The number of fused-ring (bicyclic) bond motifs is 1. The number of hydrogen-bond acceptors (Lipinski definition) is 6. The summed E-state index contributed by atoms with van der Waals surface area (Å²) >= 11 is 0. The number of nitrogens with zero attached hydrogens (tertiary/aromatic N) is 2. The van der Waals surface area contributed by atoms with Crippen LogP contribution in [0, 0.1) is 17.3 Å². The second-order valence-corrected chi connectivity index (χ2v) is 7.53. The van der Waals surface area contributed by atoms with Crippen LogP contribution < -0.4 is 10.6 Å². The van der Waals surface area contributed by atoms with Crippen molar-refractivity contribution in [3.05, 3.63) is 35.4 Å². The Bertz CT molecular complexity index is 818. The van der Waals surface area contributed by atoms with Crippen LogP contribution in [-0.4, -0.2) is 59.8 Å². The predicted octanol–water partition coefficient (Wildman–Crippen LogP) is 0.443. The minimum atomic E-state index is -0.855. The monoisotopic (exact) mass is 386 g/mol. The fourth-order valence-electron chi connectivity index (χ4n) is 4.20. The Balaban J connectivity index is 1.67. The van der Waals surface area contributed by atoms with Gasteiger partial charge in [0, 0.05) is 30.1 Å². The molecule has 150 valence electrons. The second-order valence-electron chi connectivity index (χ2n) is 7.53. The highest BCUT2D eigenvalue weighted by Gasteiger charge is 2.66. The molecule has 1 saturated carbocycles. The first kappa shape index (κ1) is 20.2. The zero-order valence-corrected chi connectivity index (χ0v) is 16.1. The zero-order valence-electron chi connectivity index (χ0n) is 16.1. The molecule has 0 aromatic heterocycles. The Morgan fingerprint density at radius 1 is 1.21 bits per heavy atom.